The van der Waals surface area contributed by atoms with Crippen LogP contribution in [0.15, 0.2) is 30.3 Å². The number of thioether (sulfide) groups is 1. The molecule has 6 heteroatoms. The van der Waals surface area contributed by atoms with Crippen LogP contribution in [0.1, 0.15) is 32.3 Å². The van der Waals surface area contributed by atoms with Gasteiger partial charge in [-0.3, -0.25) is 4.90 Å². The Bertz CT molecular complexity index is 551. The van der Waals surface area contributed by atoms with Crippen molar-refractivity contribution in [2.24, 2.45) is 0 Å². The third-order valence-corrected chi connectivity index (χ3v) is 5.58. The van der Waals surface area contributed by atoms with Gasteiger partial charge in [-0.05, 0) is 24.2 Å². The molecular weight excluding hydrogens is 314 g/mol. The van der Waals surface area contributed by atoms with E-state index in [0.717, 1.165) is 11.3 Å². The largest absolute Gasteiger partial charge is 0.479 e. The minimum absolute atomic E-state index is 0.150. The van der Waals surface area contributed by atoms with Crippen molar-refractivity contribution in [1.29, 1.82) is 0 Å². The SMILES string of the molecule is CCCN(C(=O)OCc1ccccc1)C1(C(=O)O)CCSC1C. The first-order chi connectivity index (χ1) is 11.0. The van der Waals surface area contributed by atoms with E-state index in [9.17, 15) is 14.7 Å². The quantitative estimate of drug-likeness (QED) is 0.862. The lowest BCUT2D eigenvalue weighted by molar-refractivity contribution is -0.150. The fraction of sp³-hybridized carbons (Fsp3) is 0.529. The number of ether oxygens (including phenoxy) is 1. The molecule has 1 heterocycles. The second-order valence-electron chi connectivity index (χ2n) is 5.68. The van der Waals surface area contributed by atoms with Crippen molar-refractivity contribution < 1.29 is 19.4 Å². The summed E-state index contributed by atoms with van der Waals surface area (Å²) in [6.07, 6.45) is 0.592. The molecular formula is C17H23NO4S. The number of carboxylic acids is 1. The second-order valence-corrected chi connectivity index (χ2v) is 7.13. The monoisotopic (exact) mass is 337 g/mol. The van der Waals surface area contributed by atoms with Crippen LogP contribution < -0.4 is 0 Å². The highest BCUT2D eigenvalue weighted by atomic mass is 32.2. The molecule has 1 aliphatic heterocycles. The number of hydrogen-bond donors (Lipinski definition) is 1. The van der Waals surface area contributed by atoms with Crippen molar-refractivity contribution >= 4 is 23.8 Å². The van der Waals surface area contributed by atoms with E-state index in [2.05, 4.69) is 0 Å². The summed E-state index contributed by atoms with van der Waals surface area (Å²) >= 11 is 1.59. The van der Waals surface area contributed by atoms with Gasteiger partial charge >= 0.3 is 12.1 Å². The van der Waals surface area contributed by atoms with Crippen molar-refractivity contribution in [2.45, 2.75) is 44.1 Å². The molecule has 5 nitrogen and oxygen atoms in total. The lowest BCUT2D eigenvalue weighted by Gasteiger charge is -2.39. The zero-order chi connectivity index (χ0) is 16.9. The van der Waals surface area contributed by atoms with Crippen LogP contribution in [0.4, 0.5) is 4.79 Å². The summed E-state index contributed by atoms with van der Waals surface area (Å²) in [5.74, 6) is -0.209. The van der Waals surface area contributed by atoms with E-state index in [1.165, 1.54) is 4.90 Å². The maximum atomic E-state index is 12.6. The van der Waals surface area contributed by atoms with E-state index >= 15 is 0 Å². The average molecular weight is 337 g/mol. The zero-order valence-corrected chi connectivity index (χ0v) is 14.3. The van der Waals surface area contributed by atoms with Gasteiger partial charge in [-0.2, -0.15) is 11.8 Å². The van der Waals surface area contributed by atoms with Gasteiger partial charge in [0.15, 0.2) is 5.54 Å². The molecule has 1 amide bonds. The van der Waals surface area contributed by atoms with Gasteiger partial charge in [0.25, 0.3) is 0 Å². The van der Waals surface area contributed by atoms with Crippen LogP contribution in [0, 0.1) is 0 Å². The van der Waals surface area contributed by atoms with E-state index in [1.807, 2.05) is 44.2 Å². The normalized spacial score (nSPS) is 23.5. The van der Waals surface area contributed by atoms with Crippen LogP contribution in [-0.4, -0.2) is 45.2 Å². The first kappa shape index (κ1) is 17.7. The maximum absolute atomic E-state index is 12.6. The number of rotatable bonds is 6. The van der Waals surface area contributed by atoms with Gasteiger partial charge in [0.05, 0.1) is 0 Å². The Morgan fingerprint density at radius 1 is 1.39 bits per heavy atom. The summed E-state index contributed by atoms with van der Waals surface area (Å²) in [5, 5.41) is 9.65. The first-order valence-electron chi connectivity index (χ1n) is 7.85. The lowest BCUT2D eigenvalue weighted by Crippen LogP contribution is -2.60. The molecule has 1 aromatic carbocycles. The average Bonchev–Trinajstić information content (AvgIpc) is 2.94. The van der Waals surface area contributed by atoms with Gasteiger partial charge in [0.1, 0.15) is 6.61 Å². The zero-order valence-electron chi connectivity index (χ0n) is 13.5. The van der Waals surface area contributed by atoms with E-state index in [4.69, 9.17) is 4.74 Å². The summed E-state index contributed by atoms with van der Waals surface area (Å²) in [7, 11) is 0. The molecule has 23 heavy (non-hydrogen) atoms. The van der Waals surface area contributed by atoms with Gasteiger partial charge in [0, 0.05) is 11.8 Å². The highest BCUT2D eigenvalue weighted by Crippen LogP contribution is 2.41. The molecule has 1 N–H and O–H groups in total. The number of amides is 1. The smallest absolute Gasteiger partial charge is 0.411 e. The summed E-state index contributed by atoms with van der Waals surface area (Å²) in [5.41, 5.74) is -0.287. The molecule has 1 aromatic rings. The highest BCUT2D eigenvalue weighted by Gasteiger charge is 2.54. The molecule has 2 atom stereocenters. The molecule has 0 saturated carbocycles. The molecule has 1 fully saturated rings. The first-order valence-corrected chi connectivity index (χ1v) is 8.90. The summed E-state index contributed by atoms with van der Waals surface area (Å²) < 4.78 is 5.39. The number of benzene rings is 1. The third kappa shape index (κ3) is 3.63. The van der Waals surface area contributed by atoms with Gasteiger partial charge in [-0.25, -0.2) is 9.59 Å². The van der Waals surface area contributed by atoms with Gasteiger partial charge < -0.3 is 9.84 Å². The minimum Gasteiger partial charge on any atom is -0.479 e. The van der Waals surface area contributed by atoms with Crippen molar-refractivity contribution in [3.8, 4) is 0 Å². The molecule has 0 radical (unpaired) electrons. The van der Waals surface area contributed by atoms with Crippen LogP contribution in [0.3, 0.4) is 0 Å². The molecule has 2 unspecified atom stereocenters. The van der Waals surface area contributed by atoms with Crippen LogP contribution in [0.5, 0.6) is 0 Å². The topological polar surface area (TPSA) is 66.8 Å². The van der Waals surface area contributed by atoms with Crippen molar-refractivity contribution in [2.75, 3.05) is 12.3 Å². The summed E-state index contributed by atoms with van der Waals surface area (Å²) in [4.78, 5) is 26.0. The molecule has 0 aromatic heterocycles. The number of aliphatic carboxylic acids is 1. The molecule has 1 saturated heterocycles. The van der Waals surface area contributed by atoms with Crippen molar-refractivity contribution in [3.63, 3.8) is 0 Å². The number of carbonyl (C=O) groups is 2. The fourth-order valence-corrected chi connectivity index (χ4v) is 4.36. The Labute approximate surface area is 141 Å². The van der Waals surface area contributed by atoms with Crippen LogP contribution in [-0.2, 0) is 16.1 Å². The Kier molecular flexibility index (Phi) is 5.93. The highest BCUT2D eigenvalue weighted by molar-refractivity contribution is 8.00. The van der Waals surface area contributed by atoms with E-state index in [0.29, 0.717) is 19.4 Å². The standard InChI is InChI=1S/C17H23NO4S/c1-3-10-18(17(15(19)20)9-11-23-13(17)2)16(21)22-12-14-7-5-4-6-8-14/h4-8,13H,3,9-12H2,1-2H3,(H,19,20). The summed E-state index contributed by atoms with van der Waals surface area (Å²) in [6.45, 7) is 4.33. The van der Waals surface area contributed by atoms with Crippen molar-refractivity contribution in [3.05, 3.63) is 35.9 Å². The molecule has 0 spiro atoms. The summed E-state index contributed by atoms with van der Waals surface area (Å²) in [6, 6.07) is 9.39. The van der Waals surface area contributed by atoms with Gasteiger partial charge in [0.2, 0.25) is 0 Å². The molecule has 2 rings (SSSR count). The van der Waals surface area contributed by atoms with E-state index in [-0.39, 0.29) is 11.9 Å². The Hall–Kier alpha value is -1.69. The fourth-order valence-electron chi connectivity index (χ4n) is 2.96. The Balaban J connectivity index is 2.16. The van der Waals surface area contributed by atoms with E-state index < -0.39 is 17.6 Å². The van der Waals surface area contributed by atoms with Gasteiger partial charge in [-0.15, -0.1) is 0 Å². The maximum Gasteiger partial charge on any atom is 0.411 e. The molecule has 0 bridgehead atoms. The number of hydrogen-bond acceptors (Lipinski definition) is 4. The third-order valence-electron chi connectivity index (χ3n) is 4.25. The second kappa shape index (κ2) is 7.73. The number of carboxylic acid groups (broad SMARTS) is 1. The lowest BCUT2D eigenvalue weighted by atomic mass is 9.90. The van der Waals surface area contributed by atoms with Crippen LogP contribution in [0.25, 0.3) is 0 Å². The van der Waals surface area contributed by atoms with Crippen LogP contribution >= 0.6 is 11.8 Å². The predicted octanol–water partition coefficient (Wildman–Crippen LogP) is 3.38. The Morgan fingerprint density at radius 3 is 2.61 bits per heavy atom. The van der Waals surface area contributed by atoms with Gasteiger partial charge in [-0.1, -0.05) is 44.2 Å². The Morgan fingerprint density at radius 2 is 2.09 bits per heavy atom. The van der Waals surface area contributed by atoms with Crippen LogP contribution in [0.2, 0.25) is 0 Å². The predicted molar refractivity (Wildman–Crippen MR) is 90.5 cm³/mol. The molecule has 126 valence electrons. The minimum atomic E-state index is -1.17. The van der Waals surface area contributed by atoms with E-state index in [1.54, 1.807) is 11.8 Å². The number of carbonyl (C=O) groups excluding carboxylic acids is 1. The number of nitrogens with zero attached hydrogens (tertiary/aromatic N) is 1. The van der Waals surface area contributed by atoms with Crippen molar-refractivity contribution in [1.82, 2.24) is 4.90 Å². The molecule has 1 aliphatic rings. The molecule has 0 aliphatic carbocycles.